The second-order valence-electron chi connectivity index (χ2n) is 14.4. The van der Waals surface area contributed by atoms with E-state index >= 15 is 0 Å². The SMILES string of the molecule is c1cc(-c2cncc(-c3cccc(-c4ccccc4-n4c5ccccc5c5ccccc54)c3)c2)cc(-c2ccccc2-n2c3ccccc3c3ccccc32)c1. The third-order valence-corrected chi connectivity index (χ3v) is 11.2. The van der Waals surface area contributed by atoms with E-state index in [0.29, 0.717) is 0 Å². The highest BCUT2D eigenvalue weighted by atomic mass is 15.0. The molecule has 0 unspecified atom stereocenters. The number of fused-ring (bicyclic) bond motifs is 6. The summed E-state index contributed by atoms with van der Waals surface area (Å²) in [4.78, 5) is 4.79. The van der Waals surface area contributed by atoms with Gasteiger partial charge in [0.2, 0.25) is 0 Å². The van der Waals surface area contributed by atoms with Crippen LogP contribution < -0.4 is 0 Å². The van der Waals surface area contributed by atoms with Crippen LogP contribution in [0.4, 0.5) is 0 Å². The Morgan fingerprint density at radius 2 is 0.589 bits per heavy atom. The van der Waals surface area contributed by atoms with Gasteiger partial charge in [-0.2, -0.15) is 0 Å². The summed E-state index contributed by atoms with van der Waals surface area (Å²) in [6.07, 6.45) is 3.95. The summed E-state index contributed by atoms with van der Waals surface area (Å²) in [6, 6.07) is 72.2. The van der Waals surface area contributed by atoms with E-state index in [9.17, 15) is 0 Å². The summed E-state index contributed by atoms with van der Waals surface area (Å²) in [5.74, 6) is 0. The van der Waals surface area contributed by atoms with Crippen molar-refractivity contribution in [1.82, 2.24) is 14.1 Å². The standard InChI is InChI=1S/C53H35N3/c1-7-25-48(55-50-27-9-3-21-44(50)45-22-4-10-28-51(45)55)42(19-1)38-17-13-15-36(31-38)40-33-41(35-54-34-40)37-16-14-18-39(32-37)43-20-2-8-26-49(43)56-52-29-11-5-23-46(52)47-24-6-12-30-53(47)56/h1-35H. The molecule has 0 bridgehead atoms. The molecule has 8 aromatic carbocycles. The summed E-state index contributed by atoms with van der Waals surface area (Å²) < 4.78 is 4.81. The van der Waals surface area contributed by atoms with Crippen LogP contribution in [0.3, 0.4) is 0 Å². The van der Waals surface area contributed by atoms with Gasteiger partial charge in [-0.25, -0.2) is 0 Å². The Balaban J connectivity index is 0.984. The average molecular weight is 714 g/mol. The quantitative estimate of drug-likeness (QED) is 0.168. The van der Waals surface area contributed by atoms with Crippen LogP contribution in [0.1, 0.15) is 0 Å². The summed E-state index contributed by atoms with van der Waals surface area (Å²) in [7, 11) is 0. The van der Waals surface area contributed by atoms with E-state index < -0.39 is 0 Å². The minimum atomic E-state index is 1.08. The number of nitrogens with zero attached hydrogens (tertiary/aromatic N) is 3. The van der Waals surface area contributed by atoms with E-state index in [-0.39, 0.29) is 0 Å². The molecule has 0 spiro atoms. The zero-order chi connectivity index (χ0) is 37.0. The molecule has 0 fully saturated rings. The van der Waals surface area contributed by atoms with Crippen LogP contribution in [0.25, 0.3) is 99.5 Å². The van der Waals surface area contributed by atoms with Crippen LogP contribution in [-0.4, -0.2) is 14.1 Å². The number of para-hydroxylation sites is 6. The van der Waals surface area contributed by atoms with Gasteiger partial charge in [0.1, 0.15) is 0 Å². The summed E-state index contributed by atoms with van der Waals surface area (Å²) in [5.41, 5.74) is 16.2. The van der Waals surface area contributed by atoms with Crippen LogP contribution in [0.5, 0.6) is 0 Å². The molecule has 3 heteroatoms. The predicted molar refractivity (Wildman–Crippen MR) is 235 cm³/mol. The molecule has 3 nitrogen and oxygen atoms in total. The predicted octanol–water partition coefficient (Wildman–Crippen LogP) is 13.9. The maximum atomic E-state index is 4.79. The molecule has 3 aromatic heterocycles. The number of hydrogen-bond donors (Lipinski definition) is 0. The van der Waals surface area contributed by atoms with Crippen molar-refractivity contribution in [3.05, 3.63) is 213 Å². The van der Waals surface area contributed by atoms with Gasteiger partial charge >= 0.3 is 0 Å². The molecule has 11 rings (SSSR count). The molecule has 0 saturated heterocycles. The molecular formula is C53H35N3. The maximum absolute atomic E-state index is 4.79. The van der Waals surface area contributed by atoms with Crippen molar-refractivity contribution in [3.63, 3.8) is 0 Å². The third kappa shape index (κ3) is 5.17. The van der Waals surface area contributed by atoms with Gasteiger partial charge in [-0.1, -0.05) is 146 Å². The lowest BCUT2D eigenvalue weighted by Gasteiger charge is -2.15. The van der Waals surface area contributed by atoms with Crippen molar-refractivity contribution in [2.75, 3.05) is 0 Å². The fourth-order valence-corrected chi connectivity index (χ4v) is 8.68. The van der Waals surface area contributed by atoms with Gasteiger partial charge in [0.15, 0.2) is 0 Å². The molecule has 0 aliphatic carbocycles. The van der Waals surface area contributed by atoms with E-state index in [0.717, 1.165) is 44.8 Å². The minimum absolute atomic E-state index is 1.08. The van der Waals surface area contributed by atoms with Crippen LogP contribution in [-0.2, 0) is 0 Å². The molecule has 0 amide bonds. The summed E-state index contributed by atoms with van der Waals surface area (Å²) in [5, 5.41) is 5.03. The first-order valence-electron chi connectivity index (χ1n) is 19.1. The van der Waals surface area contributed by atoms with Crippen molar-refractivity contribution in [2.24, 2.45) is 0 Å². The van der Waals surface area contributed by atoms with E-state index in [2.05, 4.69) is 209 Å². The van der Waals surface area contributed by atoms with Crippen molar-refractivity contribution >= 4 is 43.6 Å². The van der Waals surface area contributed by atoms with E-state index in [1.54, 1.807) is 0 Å². The lowest BCUT2D eigenvalue weighted by atomic mass is 9.95. The third-order valence-electron chi connectivity index (χ3n) is 11.2. The molecule has 0 aliphatic rings. The molecule has 3 heterocycles. The summed E-state index contributed by atoms with van der Waals surface area (Å²) in [6.45, 7) is 0. The molecule has 0 aliphatic heterocycles. The highest BCUT2D eigenvalue weighted by molar-refractivity contribution is 6.11. The number of benzene rings is 8. The monoisotopic (exact) mass is 713 g/mol. The van der Waals surface area contributed by atoms with Crippen molar-refractivity contribution in [3.8, 4) is 55.9 Å². The first-order chi connectivity index (χ1) is 27.8. The normalized spacial score (nSPS) is 11.6. The van der Waals surface area contributed by atoms with Gasteiger partial charge in [0, 0.05) is 56.2 Å². The smallest absolute Gasteiger partial charge is 0.0541 e. The molecule has 11 aromatic rings. The zero-order valence-corrected chi connectivity index (χ0v) is 30.5. The van der Waals surface area contributed by atoms with Crippen LogP contribution in [0.2, 0.25) is 0 Å². The molecule has 0 atom stereocenters. The molecule has 0 radical (unpaired) electrons. The van der Waals surface area contributed by atoms with Gasteiger partial charge in [-0.3, -0.25) is 4.98 Å². The van der Waals surface area contributed by atoms with Gasteiger partial charge < -0.3 is 9.13 Å². The Bertz CT molecular complexity index is 2950. The fraction of sp³-hybridized carbons (Fsp3) is 0. The molecular weight excluding hydrogens is 679 g/mol. The van der Waals surface area contributed by atoms with E-state index in [4.69, 9.17) is 4.98 Å². The van der Waals surface area contributed by atoms with Crippen LogP contribution in [0, 0.1) is 0 Å². The van der Waals surface area contributed by atoms with E-state index in [1.165, 1.54) is 54.7 Å². The molecule has 0 saturated carbocycles. The number of hydrogen-bond acceptors (Lipinski definition) is 1. The Morgan fingerprint density at radius 1 is 0.268 bits per heavy atom. The zero-order valence-electron chi connectivity index (χ0n) is 30.5. The Hall–Kier alpha value is -7.49. The first-order valence-corrected chi connectivity index (χ1v) is 19.1. The largest absolute Gasteiger partial charge is 0.309 e. The van der Waals surface area contributed by atoms with Crippen molar-refractivity contribution in [2.45, 2.75) is 0 Å². The Morgan fingerprint density at radius 3 is 1.00 bits per heavy atom. The fourth-order valence-electron chi connectivity index (χ4n) is 8.68. The Labute approximate surface area is 325 Å². The highest BCUT2D eigenvalue weighted by Gasteiger charge is 2.17. The molecule has 262 valence electrons. The topological polar surface area (TPSA) is 22.8 Å². The van der Waals surface area contributed by atoms with Gasteiger partial charge in [-0.05, 0) is 76.9 Å². The van der Waals surface area contributed by atoms with Crippen molar-refractivity contribution in [1.29, 1.82) is 0 Å². The second-order valence-corrected chi connectivity index (χ2v) is 14.4. The van der Waals surface area contributed by atoms with Crippen LogP contribution in [0.15, 0.2) is 213 Å². The number of rotatable bonds is 6. The van der Waals surface area contributed by atoms with Gasteiger partial charge in [-0.15, -0.1) is 0 Å². The van der Waals surface area contributed by atoms with Gasteiger partial charge in [0.25, 0.3) is 0 Å². The van der Waals surface area contributed by atoms with Crippen molar-refractivity contribution < 1.29 is 0 Å². The summed E-state index contributed by atoms with van der Waals surface area (Å²) >= 11 is 0. The maximum Gasteiger partial charge on any atom is 0.0541 e. The lowest BCUT2D eigenvalue weighted by Crippen LogP contribution is -1.97. The Kier molecular flexibility index (Phi) is 7.49. The number of aromatic nitrogens is 3. The van der Waals surface area contributed by atoms with Gasteiger partial charge in [0.05, 0.1) is 33.4 Å². The minimum Gasteiger partial charge on any atom is -0.309 e. The number of pyridine rings is 1. The first kappa shape index (κ1) is 32.0. The molecule has 0 N–H and O–H groups in total. The molecule has 56 heavy (non-hydrogen) atoms. The van der Waals surface area contributed by atoms with Crippen LogP contribution >= 0.6 is 0 Å². The van der Waals surface area contributed by atoms with E-state index in [1.807, 2.05) is 12.4 Å². The second kappa shape index (κ2) is 13.1. The average Bonchev–Trinajstić information content (AvgIpc) is 3.79. The lowest BCUT2D eigenvalue weighted by molar-refractivity contribution is 1.18. The highest BCUT2D eigenvalue weighted by Crippen LogP contribution is 2.39.